The summed E-state index contributed by atoms with van der Waals surface area (Å²) >= 11 is 0. The lowest BCUT2D eigenvalue weighted by atomic mass is 10.0. The van der Waals surface area contributed by atoms with Gasteiger partial charge in [-0.3, -0.25) is 0 Å². The molecule has 0 aromatic carbocycles. The van der Waals surface area contributed by atoms with Crippen molar-refractivity contribution in [2.45, 2.75) is 12.8 Å². The lowest BCUT2D eigenvalue weighted by Crippen LogP contribution is -2.19. The molecule has 1 saturated heterocycles. The van der Waals surface area contributed by atoms with Crippen molar-refractivity contribution in [3.8, 4) is 0 Å². The molecular weight excluding hydrogens is 130 g/mol. The second-order valence-corrected chi connectivity index (χ2v) is 2.52. The summed E-state index contributed by atoms with van der Waals surface area (Å²) in [6, 6.07) is 0. The average molecular weight is 141 g/mol. The van der Waals surface area contributed by atoms with E-state index in [9.17, 15) is 4.79 Å². The maximum Gasteiger partial charge on any atom is 0.234 e. The highest BCUT2D eigenvalue weighted by Gasteiger charge is 2.12. The molecule has 1 atom stereocenters. The SMILES string of the molecule is O=C=NCC1CCCOC1. The first-order chi connectivity index (χ1) is 4.93. The van der Waals surface area contributed by atoms with Gasteiger partial charge in [0.05, 0.1) is 13.2 Å². The first-order valence-corrected chi connectivity index (χ1v) is 3.55. The molecule has 0 aliphatic carbocycles. The van der Waals surface area contributed by atoms with Crippen LogP contribution < -0.4 is 0 Å². The molecule has 1 aliphatic rings. The summed E-state index contributed by atoms with van der Waals surface area (Å²) in [5.74, 6) is 0.454. The molecule has 1 aliphatic heterocycles. The van der Waals surface area contributed by atoms with E-state index in [4.69, 9.17) is 4.74 Å². The van der Waals surface area contributed by atoms with Crippen LogP contribution in [0.2, 0.25) is 0 Å². The van der Waals surface area contributed by atoms with Crippen LogP contribution >= 0.6 is 0 Å². The Balaban J connectivity index is 2.19. The molecule has 10 heavy (non-hydrogen) atoms. The van der Waals surface area contributed by atoms with Crippen molar-refractivity contribution < 1.29 is 9.53 Å². The predicted octanol–water partition coefficient (Wildman–Crippen LogP) is 0.749. The molecule has 1 heterocycles. The van der Waals surface area contributed by atoms with Crippen molar-refractivity contribution in [3.63, 3.8) is 0 Å². The highest BCUT2D eigenvalue weighted by atomic mass is 16.5. The van der Waals surface area contributed by atoms with E-state index in [2.05, 4.69) is 4.99 Å². The summed E-state index contributed by atoms with van der Waals surface area (Å²) in [5.41, 5.74) is 0. The highest BCUT2D eigenvalue weighted by molar-refractivity contribution is 5.32. The van der Waals surface area contributed by atoms with Gasteiger partial charge in [0, 0.05) is 12.5 Å². The third-order valence-electron chi connectivity index (χ3n) is 1.67. The zero-order valence-corrected chi connectivity index (χ0v) is 5.88. The zero-order chi connectivity index (χ0) is 7.23. The smallest absolute Gasteiger partial charge is 0.234 e. The van der Waals surface area contributed by atoms with Crippen LogP contribution in [0.15, 0.2) is 4.99 Å². The molecule has 1 rings (SSSR count). The van der Waals surface area contributed by atoms with E-state index in [-0.39, 0.29) is 0 Å². The summed E-state index contributed by atoms with van der Waals surface area (Å²) < 4.78 is 5.19. The van der Waals surface area contributed by atoms with Gasteiger partial charge in [-0.1, -0.05) is 0 Å². The second kappa shape index (κ2) is 4.20. The quantitative estimate of drug-likeness (QED) is 0.420. The number of carbonyl (C=O) groups excluding carboxylic acids is 1. The van der Waals surface area contributed by atoms with Crippen LogP contribution in [0, 0.1) is 5.92 Å². The molecule has 0 saturated carbocycles. The Morgan fingerprint density at radius 1 is 1.70 bits per heavy atom. The van der Waals surface area contributed by atoms with Crippen LogP contribution in [-0.4, -0.2) is 25.8 Å². The lowest BCUT2D eigenvalue weighted by molar-refractivity contribution is 0.0582. The van der Waals surface area contributed by atoms with Gasteiger partial charge in [-0.2, -0.15) is 0 Å². The van der Waals surface area contributed by atoms with E-state index < -0.39 is 0 Å². The number of ether oxygens (including phenoxy) is 1. The number of aliphatic imine (C=N–C) groups is 1. The van der Waals surface area contributed by atoms with E-state index in [0.717, 1.165) is 26.1 Å². The first kappa shape index (κ1) is 7.45. The lowest BCUT2D eigenvalue weighted by Gasteiger charge is -2.19. The maximum absolute atomic E-state index is 9.72. The minimum atomic E-state index is 0.454. The molecule has 0 spiro atoms. The van der Waals surface area contributed by atoms with E-state index in [1.165, 1.54) is 6.08 Å². The van der Waals surface area contributed by atoms with Gasteiger partial charge in [-0.15, -0.1) is 0 Å². The van der Waals surface area contributed by atoms with Crippen molar-refractivity contribution in [3.05, 3.63) is 0 Å². The molecule has 3 nitrogen and oxygen atoms in total. The summed E-state index contributed by atoms with van der Waals surface area (Å²) in [6.07, 6.45) is 3.76. The Hall–Kier alpha value is -0.660. The van der Waals surface area contributed by atoms with Crippen molar-refractivity contribution in [1.82, 2.24) is 0 Å². The number of isocyanates is 1. The Kier molecular flexibility index (Phi) is 3.13. The van der Waals surface area contributed by atoms with Gasteiger partial charge >= 0.3 is 0 Å². The van der Waals surface area contributed by atoms with Crippen LogP contribution in [0.3, 0.4) is 0 Å². The van der Waals surface area contributed by atoms with Gasteiger partial charge in [-0.05, 0) is 12.8 Å². The van der Waals surface area contributed by atoms with Gasteiger partial charge in [0.1, 0.15) is 0 Å². The Morgan fingerprint density at radius 2 is 2.60 bits per heavy atom. The van der Waals surface area contributed by atoms with Crippen LogP contribution in [0.4, 0.5) is 0 Å². The monoisotopic (exact) mass is 141 g/mol. The van der Waals surface area contributed by atoms with Gasteiger partial charge in [0.15, 0.2) is 0 Å². The van der Waals surface area contributed by atoms with Crippen molar-refractivity contribution in [2.75, 3.05) is 19.8 Å². The number of rotatable bonds is 2. The summed E-state index contributed by atoms with van der Waals surface area (Å²) in [7, 11) is 0. The summed E-state index contributed by atoms with van der Waals surface area (Å²) in [4.78, 5) is 13.2. The molecule has 1 fully saturated rings. The van der Waals surface area contributed by atoms with Crippen LogP contribution in [0.1, 0.15) is 12.8 Å². The Bertz CT molecular complexity index is 135. The van der Waals surface area contributed by atoms with Crippen LogP contribution in [-0.2, 0) is 9.53 Å². The minimum Gasteiger partial charge on any atom is -0.381 e. The van der Waals surface area contributed by atoms with Crippen LogP contribution in [0.5, 0.6) is 0 Å². The fraction of sp³-hybridized carbons (Fsp3) is 0.857. The standard InChI is InChI=1S/C7H11NO2/c9-6-8-4-7-2-1-3-10-5-7/h7H,1-5H2. The van der Waals surface area contributed by atoms with Gasteiger partial charge in [0.2, 0.25) is 6.08 Å². The van der Waals surface area contributed by atoms with Gasteiger partial charge < -0.3 is 4.74 Å². The van der Waals surface area contributed by atoms with E-state index >= 15 is 0 Å². The average Bonchev–Trinajstić information content (AvgIpc) is 2.03. The Labute approximate surface area is 60.1 Å². The van der Waals surface area contributed by atoms with E-state index in [1.54, 1.807) is 0 Å². The molecule has 56 valence electrons. The summed E-state index contributed by atoms with van der Waals surface area (Å²) in [6.45, 7) is 2.20. The number of nitrogens with zero attached hydrogens (tertiary/aromatic N) is 1. The molecule has 0 aromatic heterocycles. The van der Waals surface area contributed by atoms with Crippen LogP contribution in [0.25, 0.3) is 0 Å². The molecule has 0 N–H and O–H groups in total. The molecule has 0 aromatic rings. The third kappa shape index (κ3) is 2.29. The first-order valence-electron chi connectivity index (χ1n) is 3.55. The molecular formula is C7H11NO2. The number of hydrogen-bond acceptors (Lipinski definition) is 3. The Morgan fingerprint density at radius 3 is 3.20 bits per heavy atom. The molecule has 0 amide bonds. The molecule has 0 radical (unpaired) electrons. The topological polar surface area (TPSA) is 38.7 Å². The van der Waals surface area contributed by atoms with Crippen molar-refractivity contribution >= 4 is 6.08 Å². The maximum atomic E-state index is 9.72. The minimum absolute atomic E-state index is 0.454. The molecule has 0 bridgehead atoms. The second-order valence-electron chi connectivity index (χ2n) is 2.52. The van der Waals surface area contributed by atoms with Gasteiger partial charge in [-0.25, -0.2) is 9.79 Å². The third-order valence-corrected chi connectivity index (χ3v) is 1.67. The summed E-state index contributed by atoms with van der Waals surface area (Å²) in [5, 5.41) is 0. The number of hydrogen-bond donors (Lipinski definition) is 0. The molecule has 1 unspecified atom stereocenters. The van der Waals surface area contributed by atoms with E-state index in [0.29, 0.717) is 12.5 Å². The molecule has 3 heteroatoms. The highest BCUT2D eigenvalue weighted by Crippen LogP contribution is 2.12. The van der Waals surface area contributed by atoms with Crippen molar-refractivity contribution in [1.29, 1.82) is 0 Å². The normalized spacial score (nSPS) is 25.4. The largest absolute Gasteiger partial charge is 0.381 e. The predicted molar refractivity (Wildman–Crippen MR) is 36.5 cm³/mol. The zero-order valence-electron chi connectivity index (χ0n) is 5.88. The van der Waals surface area contributed by atoms with Crippen molar-refractivity contribution in [2.24, 2.45) is 10.9 Å². The van der Waals surface area contributed by atoms with Gasteiger partial charge in [0.25, 0.3) is 0 Å². The fourth-order valence-electron chi connectivity index (χ4n) is 1.12. The van der Waals surface area contributed by atoms with E-state index in [1.807, 2.05) is 0 Å². The fourth-order valence-corrected chi connectivity index (χ4v) is 1.12.